The van der Waals surface area contributed by atoms with Gasteiger partial charge in [0.05, 0.1) is 54.8 Å². The molecule has 20 heteroatoms. The molecule has 1 aromatic carbocycles. The SMILES string of the molecule is O=C1CCC(c2noc3c(NC(=O)CN4CCC(CN5CCC(n6cc(NC(=O)c7cnn8ccc(N9CC%10CC9CO%10)nc78)c(C(F)F)n6)CC5)CC4)cccc23)C(=O)N1. The molecule has 5 aliphatic rings. The molecule has 5 saturated heterocycles. The number of hydrogen-bond acceptors (Lipinski definition) is 13. The molecule has 0 spiro atoms. The van der Waals surface area contributed by atoms with Crippen LogP contribution in [0.15, 0.2) is 47.4 Å². The molecule has 5 aliphatic heterocycles. The number of para-hydroxylation sites is 1. The largest absolute Gasteiger partial charge is 0.374 e. The number of halogens is 2. The Morgan fingerprint density at radius 2 is 1.79 bits per heavy atom. The molecule has 4 aromatic heterocycles. The number of hydrogen-bond donors (Lipinski definition) is 3. The Hall–Kier alpha value is -5.86. The number of imide groups is 1. The van der Waals surface area contributed by atoms with Gasteiger partial charge in [0.15, 0.2) is 16.9 Å². The van der Waals surface area contributed by atoms with E-state index >= 15 is 0 Å². The zero-order valence-electron chi connectivity index (χ0n) is 33.3. The van der Waals surface area contributed by atoms with E-state index in [9.17, 15) is 28.0 Å². The molecule has 4 amide bonds. The first-order valence-corrected chi connectivity index (χ1v) is 21.0. The van der Waals surface area contributed by atoms with Crippen LogP contribution in [0.1, 0.15) is 85.1 Å². The third-order valence-corrected chi connectivity index (χ3v) is 12.9. The van der Waals surface area contributed by atoms with Crippen LogP contribution in [0.3, 0.4) is 0 Å². The van der Waals surface area contributed by atoms with Gasteiger partial charge in [-0.05, 0) is 75.7 Å². The van der Waals surface area contributed by atoms with Crippen molar-refractivity contribution in [1.29, 1.82) is 0 Å². The quantitative estimate of drug-likeness (QED) is 0.163. The first-order valence-electron chi connectivity index (χ1n) is 21.0. The molecule has 9 heterocycles. The Morgan fingerprint density at radius 3 is 2.54 bits per heavy atom. The van der Waals surface area contributed by atoms with Crippen LogP contribution in [-0.4, -0.2) is 128 Å². The van der Waals surface area contributed by atoms with E-state index in [-0.39, 0.29) is 54.2 Å². The van der Waals surface area contributed by atoms with Crippen molar-refractivity contribution >= 4 is 57.4 Å². The monoisotopic (exact) mass is 840 g/mol. The average Bonchev–Trinajstić information content (AvgIpc) is 4.11. The van der Waals surface area contributed by atoms with Crippen molar-refractivity contribution in [3.63, 3.8) is 0 Å². The molecule has 320 valence electrons. The number of carbonyl (C=O) groups is 4. The van der Waals surface area contributed by atoms with E-state index in [1.54, 1.807) is 29.1 Å². The first-order chi connectivity index (χ1) is 29.6. The summed E-state index contributed by atoms with van der Waals surface area (Å²) in [6.07, 6.45) is 6.81. The fourth-order valence-corrected chi connectivity index (χ4v) is 9.64. The molecule has 3 unspecified atom stereocenters. The number of morpholine rings is 1. The zero-order valence-corrected chi connectivity index (χ0v) is 33.3. The molecule has 0 aliphatic carbocycles. The highest BCUT2D eigenvalue weighted by atomic mass is 19.3. The lowest BCUT2D eigenvalue weighted by atomic mass is 9.93. The zero-order chi connectivity index (χ0) is 41.8. The minimum Gasteiger partial charge on any atom is -0.374 e. The van der Waals surface area contributed by atoms with E-state index in [1.807, 2.05) is 6.07 Å². The summed E-state index contributed by atoms with van der Waals surface area (Å²) in [5.41, 5.74) is 1.34. The maximum absolute atomic E-state index is 14.3. The number of fused-ring (bicyclic) bond motifs is 4. The van der Waals surface area contributed by atoms with Gasteiger partial charge in [0.2, 0.25) is 17.7 Å². The van der Waals surface area contributed by atoms with Crippen molar-refractivity contribution in [3.8, 4) is 0 Å². The molecular formula is C41H46F2N12O6. The van der Waals surface area contributed by atoms with Crippen LogP contribution in [0.5, 0.6) is 0 Å². The molecule has 61 heavy (non-hydrogen) atoms. The standard InChI is InChI=1S/C41H46F2N12O6/c42-38(43)36-31(46-41(59)29-17-44-54-15-10-32(47-39(29)54)53-19-26-16-25(53)22-60-26)20-55(49-36)24-8-13-51(14-9-24)18-23-6-11-52(12-7-23)21-34(57)45-30-3-1-2-27-35(50-61-37(27)30)28-4-5-33(56)48-40(28)58/h1-3,10,15,17,20,23-26,28,38H,4-9,11-14,16,18-19,21-22H2,(H,45,57)(H,46,59)(H,48,56,58). The van der Waals surface area contributed by atoms with Gasteiger partial charge in [-0.1, -0.05) is 11.2 Å². The highest BCUT2D eigenvalue weighted by molar-refractivity contribution is 6.08. The molecule has 0 saturated carbocycles. The van der Waals surface area contributed by atoms with E-state index < -0.39 is 29.9 Å². The predicted octanol–water partition coefficient (Wildman–Crippen LogP) is 3.74. The highest BCUT2D eigenvalue weighted by Gasteiger charge is 2.40. The molecule has 3 N–H and O–H groups in total. The van der Waals surface area contributed by atoms with Gasteiger partial charge in [-0.2, -0.15) is 10.2 Å². The van der Waals surface area contributed by atoms with Crippen LogP contribution in [0.25, 0.3) is 16.6 Å². The number of benzene rings is 1. The third kappa shape index (κ3) is 7.83. The summed E-state index contributed by atoms with van der Waals surface area (Å²) in [6.45, 7) is 5.65. The number of ether oxygens (including phenoxy) is 1. The molecule has 2 bridgehead atoms. The number of likely N-dealkylation sites (tertiary alicyclic amines) is 2. The van der Waals surface area contributed by atoms with Crippen molar-refractivity contribution in [2.45, 2.75) is 75.5 Å². The van der Waals surface area contributed by atoms with Gasteiger partial charge in [-0.3, -0.25) is 34.1 Å². The number of rotatable bonds is 11. The lowest BCUT2D eigenvalue weighted by molar-refractivity contribution is -0.134. The van der Waals surface area contributed by atoms with Crippen molar-refractivity contribution < 1.29 is 37.2 Å². The number of aromatic nitrogens is 6. The van der Waals surface area contributed by atoms with Gasteiger partial charge in [-0.25, -0.2) is 18.3 Å². The second-order valence-electron chi connectivity index (χ2n) is 16.8. The van der Waals surface area contributed by atoms with Crippen molar-refractivity contribution in [2.75, 3.05) is 68.0 Å². The van der Waals surface area contributed by atoms with Crippen LogP contribution < -0.4 is 20.9 Å². The summed E-state index contributed by atoms with van der Waals surface area (Å²) >= 11 is 0. The summed E-state index contributed by atoms with van der Waals surface area (Å²) < 4.78 is 42.9. The Labute approximate surface area is 347 Å². The predicted molar refractivity (Wildman–Crippen MR) is 215 cm³/mol. The topological polar surface area (TPSA) is 197 Å². The molecule has 5 aromatic rings. The van der Waals surface area contributed by atoms with Crippen LogP contribution in [0.4, 0.5) is 26.0 Å². The number of nitrogens with zero attached hydrogens (tertiary/aromatic N) is 9. The number of nitrogens with one attached hydrogen (secondary N) is 3. The Kier molecular flexibility index (Phi) is 10.4. The lowest BCUT2D eigenvalue weighted by Gasteiger charge is -2.37. The fourth-order valence-electron chi connectivity index (χ4n) is 9.64. The summed E-state index contributed by atoms with van der Waals surface area (Å²) in [4.78, 5) is 62.2. The molecule has 18 nitrogen and oxygen atoms in total. The first kappa shape index (κ1) is 39.3. The van der Waals surface area contributed by atoms with Gasteiger partial charge in [-0.15, -0.1) is 0 Å². The van der Waals surface area contributed by atoms with Gasteiger partial charge in [0.25, 0.3) is 12.3 Å². The molecule has 0 radical (unpaired) electrons. The maximum Gasteiger partial charge on any atom is 0.284 e. The second kappa shape index (κ2) is 16.2. The number of piperidine rings is 3. The maximum atomic E-state index is 14.3. The minimum atomic E-state index is -2.88. The van der Waals surface area contributed by atoms with Gasteiger partial charge < -0.3 is 29.7 Å². The molecule has 5 fully saturated rings. The van der Waals surface area contributed by atoms with E-state index in [0.29, 0.717) is 46.9 Å². The van der Waals surface area contributed by atoms with E-state index in [2.05, 4.69) is 46.0 Å². The van der Waals surface area contributed by atoms with Crippen LogP contribution >= 0.6 is 0 Å². The van der Waals surface area contributed by atoms with E-state index in [4.69, 9.17) is 14.2 Å². The van der Waals surface area contributed by atoms with Crippen molar-refractivity contribution in [3.05, 3.63) is 59.8 Å². The van der Waals surface area contributed by atoms with E-state index in [1.165, 1.54) is 16.9 Å². The molecule has 10 rings (SSSR count). The summed E-state index contributed by atoms with van der Waals surface area (Å²) in [5.74, 6) is -0.877. The average molecular weight is 841 g/mol. The normalized spacial score (nSPS) is 23.1. The molecule has 3 atom stereocenters. The highest BCUT2D eigenvalue weighted by Crippen LogP contribution is 2.35. The van der Waals surface area contributed by atoms with E-state index in [0.717, 1.165) is 77.2 Å². The number of amides is 4. The third-order valence-electron chi connectivity index (χ3n) is 12.9. The summed E-state index contributed by atoms with van der Waals surface area (Å²) in [6, 6.07) is 7.31. The van der Waals surface area contributed by atoms with Crippen molar-refractivity contribution in [2.24, 2.45) is 5.92 Å². The van der Waals surface area contributed by atoms with Gasteiger partial charge >= 0.3 is 0 Å². The molecular weight excluding hydrogens is 795 g/mol. The summed E-state index contributed by atoms with van der Waals surface area (Å²) in [5, 5.41) is 21.3. The lowest BCUT2D eigenvalue weighted by Crippen LogP contribution is -2.43. The Bertz CT molecular complexity index is 2490. The smallest absolute Gasteiger partial charge is 0.284 e. The number of anilines is 3. The number of carbonyl (C=O) groups excluding carboxylic acids is 4. The Morgan fingerprint density at radius 1 is 0.967 bits per heavy atom. The van der Waals surface area contributed by atoms with Crippen molar-refractivity contribution in [1.82, 2.24) is 44.7 Å². The van der Waals surface area contributed by atoms with Crippen LogP contribution in [-0.2, 0) is 19.1 Å². The summed E-state index contributed by atoms with van der Waals surface area (Å²) in [7, 11) is 0. The van der Waals surface area contributed by atoms with Crippen LogP contribution in [0.2, 0.25) is 0 Å². The fraction of sp³-hybridized carbons (Fsp3) is 0.512. The van der Waals surface area contributed by atoms with Crippen LogP contribution in [0, 0.1) is 5.92 Å². The van der Waals surface area contributed by atoms with Gasteiger partial charge in [0, 0.05) is 50.4 Å². The van der Waals surface area contributed by atoms with Gasteiger partial charge in [0.1, 0.15) is 17.1 Å². The number of alkyl halides is 2. The Balaban J connectivity index is 0.699. The second-order valence-corrected chi connectivity index (χ2v) is 16.8. The minimum absolute atomic E-state index is 0.0266.